The summed E-state index contributed by atoms with van der Waals surface area (Å²) in [5.41, 5.74) is 0. The summed E-state index contributed by atoms with van der Waals surface area (Å²) in [5.74, 6) is 0.180. The lowest BCUT2D eigenvalue weighted by molar-refractivity contribution is -0.161. The molecule has 0 aromatic heterocycles. The molecule has 0 aliphatic heterocycles. The van der Waals surface area contributed by atoms with Crippen LogP contribution in [0.25, 0.3) is 0 Å². The van der Waals surface area contributed by atoms with Gasteiger partial charge in [0.25, 0.3) is 0 Å². The van der Waals surface area contributed by atoms with Gasteiger partial charge in [-0.05, 0) is 38.0 Å². The summed E-state index contributed by atoms with van der Waals surface area (Å²) in [5, 5.41) is 19.6. The summed E-state index contributed by atoms with van der Waals surface area (Å²) in [6, 6.07) is 0. The quantitative estimate of drug-likeness (QED) is 0.0308. The molecule has 0 rings (SSSR count). The number of ether oxygens (including phenoxy) is 2. The van der Waals surface area contributed by atoms with Crippen LogP contribution in [-0.2, 0) is 19.1 Å². The van der Waals surface area contributed by atoms with Crippen LogP contribution < -0.4 is 0 Å². The first kappa shape index (κ1) is 45.1. The van der Waals surface area contributed by atoms with E-state index in [4.69, 9.17) is 9.47 Å². The van der Waals surface area contributed by atoms with Gasteiger partial charge in [-0.3, -0.25) is 9.59 Å². The lowest BCUT2D eigenvalue weighted by Gasteiger charge is -2.15. The summed E-state index contributed by atoms with van der Waals surface area (Å²) in [7, 11) is 0. The largest absolute Gasteiger partial charge is 0.462 e. The second-order valence-electron chi connectivity index (χ2n) is 13.7. The standard InChI is InChI=1S/C41H74O6/c1-4-5-6-7-16-21-26-31-38(43)32-27-22-19-24-28-33-40(44)46-36-39(35-42)47-41(45)34-29-23-18-15-13-11-9-8-10-12-14-17-20-25-30-37(2)3/h5-6,16,21,26,31,37-39,42-43H,4,7-15,17-20,22-25,27-30,32-36H2,1-3H3/b6-5+,21-16+,31-26+/t38?,39-/m0/s1. The molecule has 6 heteroatoms. The number of carbonyl (C=O) groups excluding carboxylic acids is 2. The number of hydrogen-bond donors (Lipinski definition) is 2. The highest BCUT2D eigenvalue weighted by atomic mass is 16.6. The van der Waals surface area contributed by atoms with Gasteiger partial charge in [-0.15, -0.1) is 0 Å². The van der Waals surface area contributed by atoms with Crippen molar-refractivity contribution in [3.05, 3.63) is 36.5 Å². The smallest absolute Gasteiger partial charge is 0.306 e. The summed E-state index contributed by atoms with van der Waals surface area (Å²) >= 11 is 0. The van der Waals surface area contributed by atoms with E-state index >= 15 is 0 Å². The molecule has 0 aromatic rings. The summed E-state index contributed by atoms with van der Waals surface area (Å²) in [4.78, 5) is 24.2. The Morgan fingerprint density at radius 1 is 0.617 bits per heavy atom. The van der Waals surface area contributed by atoms with Crippen molar-refractivity contribution in [2.75, 3.05) is 13.2 Å². The molecule has 0 aliphatic rings. The number of aliphatic hydroxyl groups is 2. The fourth-order valence-electron chi connectivity index (χ4n) is 5.51. The van der Waals surface area contributed by atoms with Crippen LogP contribution in [0, 0.1) is 5.92 Å². The molecule has 6 nitrogen and oxygen atoms in total. The van der Waals surface area contributed by atoms with E-state index in [1.807, 2.05) is 18.2 Å². The minimum Gasteiger partial charge on any atom is -0.462 e. The fraction of sp³-hybridized carbons (Fsp3) is 0.805. The molecule has 47 heavy (non-hydrogen) atoms. The molecule has 0 heterocycles. The van der Waals surface area contributed by atoms with Crippen molar-refractivity contribution in [1.29, 1.82) is 0 Å². The van der Waals surface area contributed by atoms with Crippen LogP contribution in [0.5, 0.6) is 0 Å². The highest BCUT2D eigenvalue weighted by Gasteiger charge is 2.16. The second kappa shape index (κ2) is 35.4. The number of carbonyl (C=O) groups is 2. The zero-order chi connectivity index (χ0) is 34.6. The van der Waals surface area contributed by atoms with Crippen molar-refractivity contribution in [2.24, 2.45) is 5.92 Å². The molecule has 1 unspecified atom stereocenters. The zero-order valence-electron chi connectivity index (χ0n) is 30.8. The average Bonchev–Trinajstić information content (AvgIpc) is 3.05. The SMILES string of the molecule is CC/C=C/C/C=C/C=C/C(O)CCCCCCCC(=O)OC[C@H](CO)OC(=O)CCCCCCCCCCCCCCCCC(C)C. The van der Waals surface area contributed by atoms with E-state index in [1.165, 1.54) is 77.0 Å². The predicted octanol–water partition coefficient (Wildman–Crippen LogP) is 10.9. The molecule has 0 bridgehead atoms. The van der Waals surface area contributed by atoms with Crippen LogP contribution in [-0.4, -0.2) is 47.6 Å². The number of rotatable bonds is 34. The number of esters is 2. The van der Waals surface area contributed by atoms with E-state index in [9.17, 15) is 19.8 Å². The Kier molecular flexibility index (Phi) is 33.9. The summed E-state index contributed by atoms with van der Waals surface area (Å²) in [6.07, 6.45) is 38.0. The molecule has 0 amide bonds. The van der Waals surface area contributed by atoms with E-state index in [1.54, 1.807) is 0 Å². The van der Waals surface area contributed by atoms with E-state index in [0.29, 0.717) is 12.8 Å². The first-order valence-electron chi connectivity index (χ1n) is 19.5. The summed E-state index contributed by atoms with van der Waals surface area (Å²) in [6.45, 7) is 6.28. The summed E-state index contributed by atoms with van der Waals surface area (Å²) < 4.78 is 10.6. The fourth-order valence-corrected chi connectivity index (χ4v) is 5.51. The van der Waals surface area contributed by atoms with Crippen LogP contribution in [0.4, 0.5) is 0 Å². The highest BCUT2D eigenvalue weighted by molar-refractivity contribution is 5.70. The lowest BCUT2D eigenvalue weighted by Crippen LogP contribution is -2.28. The highest BCUT2D eigenvalue weighted by Crippen LogP contribution is 2.15. The number of hydrogen-bond acceptors (Lipinski definition) is 6. The van der Waals surface area contributed by atoms with Gasteiger partial charge in [0.15, 0.2) is 6.10 Å². The minimum absolute atomic E-state index is 0.102. The van der Waals surface area contributed by atoms with Gasteiger partial charge in [-0.25, -0.2) is 0 Å². The third-order valence-corrected chi connectivity index (χ3v) is 8.48. The monoisotopic (exact) mass is 663 g/mol. The van der Waals surface area contributed by atoms with Crippen LogP contribution >= 0.6 is 0 Å². The van der Waals surface area contributed by atoms with E-state index in [2.05, 4.69) is 39.0 Å². The molecular weight excluding hydrogens is 588 g/mol. The van der Waals surface area contributed by atoms with Gasteiger partial charge < -0.3 is 19.7 Å². The Morgan fingerprint density at radius 2 is 1.11 bits per heavy atom. The maximum atomic E-state index is 12.2. The van der Waals surface area contributed by atoms with Crippen molar-refractivity contribution < 1.29 is 29.3 Å². The van der Waals surface area contributed by atoms with Crippen molar-refractivity contribution in [3.8, 4) is 0 Å². The number of allylic oxidation sites excluding steroid dienone is 5. The van der Waals surface area contributed by atoms with Gasteiger partial charge in [0.1, 0.15) is 6.61 Å². The lowest BCUT2D eigenvalue weighted by atomic mass is 10.0. The van der Waals surface area contributed by atoms with E-state index < -0.39 is 12.2 Å². The Bertz CT molecular complexity index is 787. The van der Waals surface area contributed by atoms with Gasteiger partial charge in [0.05, 0.1) is 12.7 Å². The molecular formula is C41H74O6. The molecule has 0 fully saturated rings. The third-order valence-electron chi connectivity index (χ3n) is 8.48. The molecule has 0 aromatic carbocycles. The van der Waals surface area contributed by atoms with Gasteiger partial charge in [0.2, 0.25) is 0 Å². The van der Waals surface area contributed by atoms with Gasteiger partial charge in [-0.2, -0.15) is 0 Å². The Labute approximate surface area is 289 Å². The van der Waals surface area contributed by atoms with E-state index in [-0.39, 0.29) is 25.2 Å². The van der Waals surface area contributed by atoms with Crippen LogP contribution in [0.1, 0.15) is 181 Å². The maximum absolute atomic E-state index is 12.2. The van der Waals surface area contributed by atoms with Gasteiger partial charge in [0, 0.05) is 12.8 Å². The normalized spacial score (nSPS) is 13.3. The Morgan fingerprint density at radius 3 is 1.62 bits per heavy atom. The second-order valence-corrected chi connectivity index (χ2v) is 13.7. The molecule has 0 saturated heterocycles. The molecule has 0 radical (unpaired) electrons. The number of unbranched alkanes of at least 4 members (excludes halogenated alkanes) is 17. The Balaban J connectivity index is 3.63. The van der Waals surface area contributed by atoms with E-state index in [0.717, 1.165) is 76.5 Å². The van der Waals surface area contributed by atoms with Crippen molar-refractivity contribution in [1.82, 2.24) is 0 Å². The minimum atomic E-state index is -0.801. The molecule has 0 aliphatic carbocycles. The first-order valence-corrected chi connectivity index (χ1v) is 19.5. The van der Waals surface area contributed by atoms with Crippen molar-refractivity contribution in [3.63, 3.8) is 0 Å². The topological polar surface area (TPSA) is 93.1 Å². The molecule has 0 saturated carbocycles. The molecule has 2 atom stereocenters. The maximum Gasteiger partial charge on any atom is 0.306 e. The third kappa shape index (κ3) is 35.2. The van der Waals surface area contributed by atoms with Crippen LogP contribution in [0.15, 0.2) is 36.5 Å². The molecule has 274 valence electrons. The molecule has 0 spiro atoms. The average molecular weight is 663 g/mol. The van der Waals surface area contributed by atoms with Crippen LogP contribution in [0.3, 0.4) is 0 Å². The van der Waals surface area contributed by atoms with Crippen molar-refractivity contribution >= 4 is 11.9 Å². The predicted molar refractivity (Wildman–Crippen MR) is 197 cm³/mol. The van der Waals surface area contributed by atoms with Gasteiger partial charge in [-0.1, -0.05) is 173 Å². The van der Waals surface area contributed by atoms with Crippen LogP contribution in [0.2, 0.25) is 0 Å². The van der Waals surface area contributed by atoms with Crippen molar-refractivity contribution in [2.45, 2.75) is 193 Å². The van der Waals surface area contributed by atoms with Gasteiger partial charge >= 0.3 is 11.9 Å². The first-order chi connectivity index (χ1) is 22.9. The molecule has 2 N–H and O–H groups in total. The Hall–Kier alpha value is -1.92. The zero-order valence-corrected chi connectivity index (χ0v) is 30.8. The number of aliphatic hydroxyl groups excluding tert-OH is 2.